The van der Waals surface area contributed by atoms with E-state index in [0.29, 0.717) is 19.8 Å². The highest BCUT2D eigenvalue weighted by atomic mass is 16.5. The van der Waals surface area contributed by atoms with E-state index in [1.54, 1.807) is 0 Å². The summed E-state index contributed by atoms with van der Waals surface area (Å²) in [5.41, 5.74) is 2.50. The Morgan fingerprint density at radius 1 is 1.29 bits per heavy atom. The van der Waals surface area contributed by atoms with Gasteiger partial charge in [0.25, 0.3) is 0 Å². The molecule has 1 aromatic carbocycles. The SMILES string of the molecule is CCOCC(O)CN[C@@H](C)c1ccc(C)cc1. The van der Waals surface area contributed by atoms with Crippen molar-refractivity contribution in [3.63, 3.8) is 0 Å². The highest BCUT2D eigenvalue weighted by Gasteiger charge is 2.08. The molecule has 96 valence electrons. The van der Waals surface area contributed by atoms with Crippen molar-refractivity contribution in [3.05, 3.63) is 35.4 Å². The molecule has 0 aliphatic carbocycles. The number of aliphatic hydroxyl groups excluding tert-OH is 1. The molecule has 0 aliphatic heterocycles. The average molecular weight is 237 g/mol. The fourth-order valence-electron chi connectivity index (χ4n) is 1.60. The molecule has 0 bridgehead atoms. The number of benzene rings is 1. The zero-order valence-electron chi connectivity index (χ0n) is 10.9. The van der Waals surface area contributed by atoms with E-state index in [9.17, 15) is 5.11 Å². The van der Waals surface area contributed by atoms with Crippen LogP contribution in [0.2, 0.25) is 0 Å². The lowest BCUT2D eigenvalue weighted by Gasteiger charge is -2.17. The molecule has 0 saturated heterocycles. The normalized spacial score (nSPS) is 14.6. The minimum atomic E-state index is -0.442. The Balaban J connectivity index is 2.34. The molecule has 0 heterocycles. The molecule has 1 rings (SSSR count). The molecule has 0 aliphatic rings. The number of hydrogen-bond donors (Lipinski definition) is 2. The van der Waals surface area contributed by atoms with Gasteiger partial charge in [-0.2, -0.15) is 0 Å². The summed E-state index contributed by atoms with van der Waals surface area (Å²) in [5, 5.41) is 12.9. The Kier molecular flexibility index (Phi) is 6.19. The number of hydrogen-bond acceptors (Lipinski definition) is 3. The second kappa shape index (κ2) is 7.43. The van der Waals surface area contributed by atoms with Crippen LogP contribution in [0.5, 0.6) is 0 Å². The van der Waals surface area contributed by atoms with Crippen LogP contribution in [0, 0.1) is 6.92 Å². The van der Waals surface area contributed by atoms with Crippen LogP contribution in [-0.2, 0) is 4.74 Å². The minimum Gasteiger partial charge on any atom is -0.389 e. The third kappa shape index (κ3) is 5.31. The van der Waals surface area contributed by atoms with E-state index in [-0.39, 0.29) is 6.04 Å². The topological polar surface area (TPSA) is 41.5 Å². The van der Waals surface area contributed by atoms with Crippen LogP contribution >= 0.6 is 0 Å². The molecule has 0 amide bonds. The molecule has 0 radical (unpaired) electrons. The molecule has 1 aromatic rings. The fraction of sp³-hybridized carbons (Fsp3) is 0.571. The van der Waals surface area contributed by atoms with Gasteiger partial charge in [0.2, 0.25) is 0 Å². The largest absolute Gasteiger partial charge is 0.389 e. The molecular weight excluding hydrogens is 214 g/mol. The maximum absolute atomic E-state index is 9.63. The van der Waals surface area contributed by atoms with Gasteiger partial charge in [0, 0.05) is 19.2 Å². The third-order valence-corrected chi connectivity index (χ3v) is 2.75. The highest BCUT2D eigenvalue weighted by Crippen LogP contribution is 2.12. The Morgan fingerprint density at radius 2 is 1.94 bits per heavy atom. The second-order valence-electron chi connectivity index (χ2n) is 4.35. The predicted octanol–water partition coefficient (Wildman–Crippen LogP) is 2.04. The summed E-state index contributed by atoms with van der Waals surface area (Å²) >= 11 is 0. The van der Waals surface area contributed by atoms with Crippen molar-refractivity contribution in [1.29, 1.82) is 0 Å². The third-order valence-electron chi connectivity index (χ3n) is 2.75. The second-order valence-corrected chi connectivity index (χ2v) is 4.35. The fourth-order valence-corrected chi connectivity index (χ4v) is 1.60. The van der Waals surface area contributed by atoms with Gasteiger partial charge in [-0.1, -0.05) is 29.8 Å². The maximum Gasteiger partial charge on any atom is 0.0897 e. The van der Waals surface area contributed by atoms with E-state index < -0.39 is 6.10 Å². The van der Waals surface area contributed by atoms with Gasteiger partial charge in [0.05, 0.1) is 12.7 Å². The summed E-state index contributed by atoms with van der Waals surface area (Å²) < 4.78 is 5.16. The number of ether oxygens (including phenoxy) is 1. The molecule has 0 spiro atoms. The van der Waals surface area contributed by atoms with Crippen LogP contribution in [-0.4, -0.2) is 31.0 Å². The lowest BCUT2D eigenvalue weighted by molar-refractivity contribution is 0.0416. The maximum atomic E-state index is 9.63. The Labute approximate surface area is 104 Å². The van der Waals surface area contributed by atoms with Gasteiger partial charge in [0.15, 0.2) is 0 Å². The zero-order chi connectivity index (χ0) is 12.7. The first-order chi connectivity index (χ1) is 8.13. The minimum absolute atomic E-state index is 0.242. The Morgan fingerprint density at radius 3 is 2.53 bits per heavy atom. The van der Waals surface area contributed by atoms with Gasteiger partial charge >= 0.3 is 0 Å². The van der Waals surface area contributed by atoms with E-state index in [0.717, 1.165) is 0 Å². The number of rotatable bonds is 7. The Hall–Kier alpha value is -0.900. The first-order valence-electron chi connectivity index (χ1n) is 6.19. The smallest absolute Gasteiger partial charge is 0.0897 e. The molecule has 1 unspecified atom stereocenters. The van der Waals surface area contributed by atoms with Crippen LogP contribution in [0.3, 0.4) is 0 Å². The van der Waals surface area contributed by atoms with Crippen molar-refractivity contribution >= 4 is 0 Å². The van der Waals surface area contributed by atoms with Crippen molar-refractivity contribution in [3.8, 4) is 0 Å². The molecule has 0 aromatic heterocycles. The monoisotopic (exact) mass is 237 g/mol. The summed E-state index contributed by atoms with van der Waals surface area (Å²) in [7, 11) is 0. The van der Waals surface area contributed by atoms with Crippen LogP contribution in [0.25, 0.3) is 0 Å². The number of aryl methyl sites for hydroxylation is 1. The standard InChI is InChI=1S/C14H23NO2/c1-4-17-10-14(16)9-15-12(3)13-7-5-11(2)6-8-13/h5-8,12,14-16H,4,9-10H2,1-3H3/t12-,14?/m0/s1. The summed E-state index contributed by atoms with van der Waals surface area (Å²) in [6.45, 7) is 7.69. The predicted molar refractivity (Wildman–Crippen MR) is 70.1 cm³/mol. The first-order valence-corrected chi connectivity index (χ1v) is 6.19. The van der Waals surface area contributed by atoms with Crippen molar-refractivity contribution in [1.82, 2.24) is 5.32 Å². The van der Waals surface area contributed by atoms with E-state index in [4.69, 9.17) is 4.74 Å². The van der Waals surface area contributed by atoms with Gasteiger partial charge in [-0.25, -0.2) is 0 Å². The van der Waals surface area contributed by atoms with Crippen LogP contribution < -0.4 is 5.32 Å². The lowest BCUT2D eigenvalue weighted by atomic mass is 10.1. The van der Waals surface area contributed by atoms with Gasteiger partial charge in [-0.05, 0) is 26.3 Å². The molecule has 3 heteroatoms. The van der Waals surface area contributed by atoms with Crippen molar-refractivity contribution < 1.29 is 9.84 Å². The molecule has 0 fully saturated rings. The zero-order valence-corrected chi connectivity index (χ0v) is 10.9. The quantitative estimate of drug-likeness (QED) is 0.762. The average Bonchev–Trinajstić information content (AvgIpc) is 2.34. The molecule has 2 atom stereocenters. The summed E-state index contributed by atoms with van der Waals surface area (Å²) in [5.74, 6) is 0. The van der Waals surface area contributed by atoms with E-state index >= 15 is 0 Å². The Bertz CT molecular complexity index is 311. The number of nitrogens with one attached hydrogen (secondary N) is 1. The summed E-state index contributed by atoms with van der Waals surface area (Å²) in [6, 6.07) is 8.67. The van der Waals surface area contributed by atoms with Gasteiger partial charge < -0.3 is 15.2 Å². The summed E-state index contributed by atoms with van der Waals surface area (Å²) in [6.07, 6.45) is -0.442. The number of aliphatic hydroxyl groups is 1. The molecular formula is C14H23NO2. The van der Waals surface area contributed by atoms with E-state index in [1.807, 2.05) is 6.92 Å². The van der Waals surface area contributed by atoms with Crippen molar-refractivity contribution in [2.45, 2.75) is 32.9 Å². The van der Waals surface area contributed by atoms with Gasteiger partial charge in [-0.15, -0.1) is 0 Å². The highest BCUT2D eigenvalue weighted by molar-refractivity contribution is 5.23. The van der Waals surface area contributed by atoms with Gasteiger partial charge in [-0.3, -0.25) is 0 Å². The van der Waals surface area contributed by atoms with Crippen LogP contribution in [0.15, 0.2) is 24.3 Å². The van der Waals surface area contributed by atoms with Crippen molar-refractivity contribution in [2.75, 3.05) is 19.8 Å². The molecule has 3 nitrogen and oxygen atoms in total. The molecule has 17 heavy (non-hydrogen) atoms. The lowest BCUT2D eigenvalue weighted by Crippen LogP contribution is -2.32. The van der Waals surface area contributed by atoms with Crippen LogP contribution in [0.4, 0.5) is 0 Å². The first kappa shape index (κ1) is 14.2. The molecule has 0 saturated carbocycles. The summed E-state index contributed by atoms with van der Waals surface area (Å²) in [4.78, 5) is 0. The van der Waals surface area contributed by atoms with Crippen LogP contribution in [0.1, 0.15) is 31.0 Å². The molecule has 2 N–H and O–H groups in total. The van der Waals surface area contributed by atoms with Crippen molar-refractivity contribution in [2.24, 2.45) is 0 Å². The van der Waals surface area contributed by atoms with E-state index in [1.165, 1.54) is 11.1 Å². The van der Waals surface area contributed by atoms with Gasteiger partial charge in [0.1, 0.15) is 0 Å². The van der Waals surface area contributed by atoms with E-state index in [2.05, 4.69) is 43.4 Å².